The molecule has 0 aromatic heterocycles. The normalized spacial score (nSPS) is 19.2. The first-order chi connectivity index (χ1) is 39.2. The van der Waals surface area contributed by atoms with Crippen molar-refractivity contribution in [2.24, 2.45) is 0 Å². The molecule has 8 atom stereocenters. The first-order valence-corrected chi connectivity index (χ1v) is 33.2. The van der Waals surface area contributed by atoms with Crippen LogP contribution in [0.5, 0.6) is 0 Å². The summed E-state index contributed by atoms with van der Waals surface area (Å²) in [6.07, 6.45) is 62.2. The molecule has 1 heterocycles. The number of carbonyl (C=O) groups is 2. The molecule has 0 aromatic carbocycles. The van der Waals surface area contributed by atoms with Gasteiger partial charge in [-0.05, 0) is 96.3 Å². The molecule has 464 valence electrons. The van der Waals surface area contributed by atoms with Crippen LogP contribution in [0.3, 0.4) is 0 Å². The van der Waals surface area contributed by atoms with E-state index in [2.05, 4.69) is 86.8 Å². The van der Waals surface area contributed by atoms with E-state index in [1.165, 1.54) is 167 Å². The molecule has 11 nitrogen and oxygen atoms in total. The minimum atomic E-state index is -1.63. The van der Waals surface area contributed by atoms with Gasteiger partial charge in [0.1, 0.15) is 24.4 Å². The average Bonchev–Trinajstić information content (AvgIpc) is 3.48. The van der Waals surface area contributed by atoms with Gasteiger partial charge in [0.15, 0.2) is 12.4 Å². The Hall–Kier alpha value is -2.90. The number of ether oxygens (including phenoxy) is 3. The fourth-order valence-corrected chi connectivity index (χ4v) is 10.0. The highest BCUT2D eigenvalue weighted by atomic mass is 16.7. The van der Waals surface area contributed by atoms with Crippen molar-refractivity contribution in [1.29, 1.82) is 0 Å². The maximum Gasteiger partial charge on any atom is 0.306 e. The van der Waals surface area contributed by atoms with E-state index in [1.54, 1.807) is 6.08 Å². The summed E-state index contributed by atoms with van der Waals surface area (Å²) >= 11 is 0. The van der Waals surface area contributed by atoms with Crippen molar-refractivity contribution >= 4 is 11.9 Å². The van der Waals surface area contributed by atoms with Gasteiger partial charge in [-0.2, -0.15) is 0 Å². The van der Waals surface area contributed by atoms with Crippen molar-refractivity contribution in [2.45, 2.75) is 339 Å². The highest BCUT2D eigenvalue weighted by molar-refractivity contribution is 5.80. The van der Waals surface area contributed by atoms with E-state index in [-0.39, 0.29) is 19.4 Å². The van der Waals surface area contributed by atoms with E-state index in [4.69, 9.17) is 14.2 Å². The van der Waals surface area contributed by atoms with E-state index in [9.17, 15) is 35.1 Å². The molecular weight excluding hydrogens is 1000 g/mol. The molecular formula is C69H123NO10. The minimum absolute atomic E-state index is 0.0844. The van der Waals surface area contributed by atoms with Gasteiger partial charge in [-0.1, -0.05) is 261 Å². The number of aliphatic hydroxyl groups excluding tert-OH is 5. The quantitative estimate of drug-likeness (QED) is 0.0195. The van der Waals surface area contributed by atoms with Crippen molar-refractivity contribution < 1.29 is 49.3 Å². The van der Waals surface area contributed by atoms with Crippen molar-refractivity contribution in [1.82, 2.24) is 5.32 Å². The molecule has 6 N–H and O–H groups in total. The van der Waals surface area contributed by atoms with Gasteiger partial charge < -0.3 is 45.1 Å². The van der Waals surface area contributed by atoms with Crippen LogP contribution >= 0.6 is 0 Å². The van der Waals surface area contributed by atoms with E-state index >= 15 is 0 Å². The zero-order valence-corrected chi connectivity index (χ0v) is 51.4. The van der Waals surface area contributed by atoms with Crippen LogP contribution in [0.25, 0.3) is 0 Å². The lowest BCUT2D eigenvalue weighted by Gasteiger charge is -2.41. The van der Waals surface area contributed by atoms with Crippen molar-refractivity contribution in [3.05, 3.63) is 72.9 Å². The van der Waals surface area contributed by atoms with Gasteiger partial charge >= 0.3 is 5.97 Å². The van der Waals surface area contributed by atoms with Crippen LogP contribution in [0, 0.1) is 0 Å². The second-order valence-corrected chi connectivity index (χ2v) is 22.8. The zero-order valence-electron chi connectivity index (χ0n) is 51.4. The predicted molar refractivity (Wildman–Crippen MR) is 333 cm³/mol. The number of esters is 1. The Kier molecular flexibility index (Phi) is 53.1. The lowest BCUT2D eigenvalue weighted by Crippen LogP contribution is -2.61. The monoisotopic (exact) mass is 1130 g/mol. The molecule has 11 heteroatoms. The molecule has 0 bridgehead atoms. The number of allylic oxidation sites excluding steroid dienone is 11. The molecule has 1 aliphatic rings. The second kappa shape index (κ2) is 56.6. The summed E-state index contributed by atoms with van der Waals surface area (Å²) in [6, 6.07) is -1.03. The third-order valence-corrected chi connectivity index (χ3v) is 15.3. The van der Waals surface area contributed by atoms with Gasteiger partial charge in [-0.15, -0.1) is 0 Å². The Balaban J connectivity index is 2.66. The fourth-order valence-electron chi connectivity index (χ4n) is 10.0. The van der Waals surface area contributed by atoms with Crippen LogP contribution in [0.1, 0.15) is 290 Å². The van der Waals surface area contributed by atoms with Crippen LogP contribution in [-0.4, -0.2) is 99.6 Å². The summed E-state index contributed by atoms with van der Waals surface area (Å²) in [5.41, 5.74) is 0. The number of rotatable bonds is 56. The van der Waals surface area contributed by atoms with Crippen LogP contribution in [0.4, 0.5) is 0 Å². The predicted octanol–water partition coefficient (Wildman–Crippen LogP) is 16.3. The Morgan fingerprint density at radius 1 is 0.487 bits per heavy atom. The van der Waals surface area contributed by atoms with E-state index in [0.29, 0.717) is 12.8 Å². The van der Waals surface area contributed by atoms with Crippen molar-refractivity contribution in [2.75, 3.05) is 13.2 Å². The Morgan fingerprint density at radius 3 is 1.32 bits per heavy atom. The molecule has 1 rings (SSSR count). The van der Waals surface area contributed by atoms with E-state index in [0.717, 1.165) is 77.0 Å². The molecule has 1 saturated heterocycles. The summed E-state index contributed by atoms with van der Waals surface area (Å²) < 4.78 is 17.6. The van der Waals surface area contributed by atoms with Crippen molar-refractivity contribution in [3.8, 4) is 0 Å². The lowest BCUT2D eigenvalue weighted by molar-refractivity contribution is -0.305. The highest BCUT2D eigenvalue weighted by Crippen LogP contribution is 2.26. The maximum atomic E-state index is 13.5. The number of hydrogen-bond acceptors (Lipinski definition) is 10. The molecule has 1 aliphatic heterocycles. The maximum absolute atomic E-state index is 13.5. The summed E-state index contributed by atoms with van der Waals surface area (Å²) in [7, 11) is 0. The Bertz CT molecular complexity index is 1580. The van der Waals surface area contributed by atoms with Gasteiger partial charge in [0, 0.05) is 6.42 Å². The molecule has 1 amide bonds. The molecule has 0 aromatic rings. The van der Waals surface area contributed by atoms with Gasteiger partial charge in [-0.25, -0.2) is 0 Å². The molecule has 0 spiro atoms. The molecule has 80 heavy (non-hydrogen) atoms. The van der Waals surface area contributed by atoms with Crippen LogP contribution in [0.2, 0.25) is 0 Å². The number of hydrogen-bond donors (Lipinski definition) is 6. The smallest absolute Gasteiger partial charge is 0.306 e. The molecule has 1 fully saturated rings. The minimum Gasteiger partial charge on any atom is -0.454 e. The van der Waals surface area contributed by atoms with Gasteiger partial charge in [0.25, 0.3) is 0 Å². The first kappa shape index (κ1) is 75.1. The largest absolute Gasteiger partial charge is 0.454 e. The number of aliphatic hydroxyl groups is 5. The van der Waals surface area contributed by atoms with Gasteiger partial charge in [0.2, 0.25) is 5.91 Å². The van der Waals surface area contributed by atoms with Gasteiger partial charge in [-0.3, -0.25) is 9.59 Å². The third-order valence-electron chi connectivity index (χ3n) is 15.3. The number of nitrogens with one attached hydrogen (secondary N) is 1. The lowest BCUT2D eigenvalue weighted by atomic mass is 9.99. The Labute approximate surface area is 490 Å². The summed E-state index contributed by atoms with van der Waals surface area (Å²) in [4.78, 5) is 26.6. The summed E-state index contributed by atoms with van der Waals surface area (Å²) in [6.45, 7) is 5.76. The topological polar surface area (TPSA) is 175 Å². The molecule has 0 radical (unpaired) electrons. The first-order valence-electron chi connectivity index (χ1n) is 33.2. The summed E-state index contributed by atoms with van der Waals surface area (Å²) in [5.74, 6) is -1.22. The zero-order chi connectivity index (χ0) is 58.2. The van der Waals surface area contributed by atoms with Crippen LogP contribution in [-0.2, 0) is 23.8 Å². The number of amides is 1. The van der Waals surface area contributed by atoms with Gasteiger partial charge in [0.05, 0.1) is 25.4 Å². The standard InChI is InChI=1S/C69H123NO10/c1-4-7-10-13-16-19-22-25-27-29-31-33-34-36-38-41-44-47-50-53-56-62(73)68(77)70-60(61(72)55-52-49-46-43-40-24-21-18-15-12-9-6-3)59-78-69-67(66(76)65(75)63(58-71)79-69)80-64(74)57-54-51-48-45-42-39-37-35-32-30-28-26-23-20-17-14-11-8-5-2/h17,20,25-28,32,35,39,42,52,55,60-63,65-67,69,71-73,75-76H,4-16,18-19,21-24,29-31,33-34,36-38,40-41,43-51,53-54,56-59H2,1-3H3,(H,70,77)/b20-17-,27-25+,28-26-,35-32-,42-39-,55-52+. The van der Waals surface area contributed by atoms with Crippen LogP contribution < -0.4 is 5.32 Å². The second-order valence-electron chi connectivity index (χ2n) is 22.8. The Morgan fingerprint density at radius 2 is 0.863 bits per heavy atom. The van der Waals surface area contributed by atoms with Crippen LogP contribution in [0.15, 0.2) is 72.9 Å². The third kappa shape index (κ3) is 43.7. The highest BCUT2D eigenvalue weighted by Gasteiger charge is 2.47. The number of unbranched alkanes of at least 4 members (excludes halogenated alkanes) is 32. The number of carbonyl (C=O) groups excluding carboxylic acids is 2. The SMILES string of the molecule is CCCCC/C=C\C/C=C\C/C=C\C/C=C\CCCCCC(=O)OC1C(OCC(NC(=O)C(O)CCCCCCCCCCCC/C=C/CCCCCCCC)C(O)/C=C/CCCCCCCCCCCC)OC(CO)C(O)C1O. The van der Waals surface area contributed by atoms with Crippen molar-refractivity contribution in [3.63, 3.8) is 0 Å². The average molecular weight is 1130 g/mol. The summed E-state index contributed by atoms with van der Waals surface area (Å²) in [5, 5.41) is 57.1. The molecule has 8 unspecified atom stereocenters. The van der Waals surface area contributed by atoms with E-state index in [1.807, 2.05) is 6.08 Å². The fraction of sp³-hybridized carbons (Fsp3) is 0.797. The molecule has 0 aliphatic carbocycles. The van der Waals surface area contributed by atoms with E-state index < -0.39 is 67.4 Å². The molecule has 0 saturated carbocycles.